The van der Waals surface area contributed by atoms with Gasteiger partial charge in [-0.15, -0.1) is 0 Å². The van der Waals surface area contributed by atoms with Crippen molar-refractivity contribution in [2.45, 2.75) is 32.2 Å². The van der Waals surface area contributed by atoms with Crippen LogP contribution in [0.15, 0.2) is 23.1 Å². The van der Waals surface area contributed by atoms with Gasteiger partial charge in [0.2, 0.25) is 20.0 Å². The molecule has 11 heteroatoms. The third-order valence-corrected chi connectivity index (χ3v) is 9.67. The monoisotopic (exact) mass is 457 g/mol. The summed E-state index contributed by atoms with van der Waals surface area (Å²) in [4.78, 5) is 7.11. The quantitative estimate of drug-likeness (QED) is 0.588. The van der Waals surface area contributed by atoms with Crippen LogP contribution in [0, 0.1) is 0 Å². The zero-order chi connectivity index (χ0) is 22.1. The van der Waals surface area contributed by atoms with Gasteiger partial charge in [-0.05, 0) is 25.1 Å². The minimum absolute atomic E-state index is 0.122. The van der Waals surface area contributed by atoms with Crippen molar-refractivity contribution in [1.29, 1.82) is 0 Å². The molecule has 0 unspecified atom stereocenters. The molecular formula is C19H31N5O4S2. The zero-order valence-electron chi connectivity index (χ0n) is 18.1. The number of fused-ring (bicyclic) bond motifs is 1. The Hall–Kier alpha value is -1.53. The molecule has 1 aliphatic rings. The SMILES string of the molecule is CCN(CC)S(=O)(=O)c1ccc2c(c1)nc(CN1CCN(S(=O)(=O)CC)CC1)n2C. The molecule has 30 heavy (non-hydrogen) atoms. The molecule has 2 heterocycles. The average molecular weight is 458 g/mol. The molecule has 1 aromatic heterocycles. The molecule has 1 aromatic carbocycles. The third kappa shape index (κ3) is 4.40. The standard InChI is InChI=1S/C19H31N5O4S2/c1-5-23(6-2)30(27,28)16-8-9-18-17(14-16)20-19(21(18)4)15-22-10-12-24(13-11-22)29(25,26)7-3/h8-9,14H,5-7,10-13,15H2,1-4H3. The number of rotatable bonds is 8. The number of imidazole rings is 1. The topological polar surface area (TPSA) is 95.8 Å². The van der Waals surface area contributed by atoms with E-state index in [0.29, 0.717) is 51.3 Å². The Bertz CT molecular complexity index is 1100. The molecule has 1 aliphatic heterocycles. The Balaban J connectivity index is 1.80. The molecule has 0 N–H and O–H groups in total. The highest BCUT2D eigenvalue weighted by Gasteiger charge is 2.27. The minimum Gasteiger partial charge on any atom is -0.330 e. The molecule has 1 saturated heterocycles. The summed E-state index contributed by atoms with van der Waals surface area (Å²) in [5, 5.41) is 0. The fourth-order valence-electron chi connectivity index (χ4n) is 3.79. The van der Waals surface area contributed by atoms with E-state index in [0.717, 1.165) is 11.3 Å². The number of aromatic nitrogens is 2. The van der Waals surface area contributed by atoms with Gasteiger partial charge in [-0.1, -0.05) is 13.8 Å². The lowest BCUT2D eigenvalue weighted by Gasteiger charge is -2.33. The minimum atomic E-state index is -3.53. The van der Waals surface area contributed by atoms with Crippen molar-refractivity contribution >= 4 is 31.1 Å². The number of hydrogen-bond acceptors (Lipinski definition) is 6. The second-order valence-electron chi connectivity index (χ2n) is 7.40. The van der Waals surface area contributed by atoms with Crippen molar-refractivity contribution in [2.24, 2.45) is 7.05 Å². The Morgan fingerprint density at radius 3 is 2.20 bits per heavy atom. The van der Waals surface area contributed by atoms with E-state index in [-0.39, 0.29) is 10.6 Å². The number of nitrogens with zero attached hydrogens (tertiary/aromatic N) is 5. The maximum absolute atomic E-state index is 12.8. The van der Waals surface area contributed by atoms with E-state index in [2.05, 4.69) is 9.88 Å². The van der Waals surface area contributed by atoms with Crippen LogP contribution in [-0.2, 0) is 33.6 Å². The number of hydrogen-bond donors (Lipinski definition) is 0. The van der Waals surface area contributed by atoms with Crippen molar-refractivity contribution in [3.63, 3.8) is 0 Å². The van der Waals surface area contributed by atoms with E-state index in [1.54, 1.807) is 29.4 Å². The van der Waals surface area contributed by atoms with Crippen LogP contribution in [0.3, 0.4) is 0 Å². The molecule has 0 atom stereocenters. The normalized spacial score (nSPS) is 17.2. The summed E-state index contributed by atoms with van der Waals surface area (Å²) in [6.07, 6.45) is 0. The van der Waals surface area contributed by atoms with Crippen LogP contribution >= 0.6 is 0 Å². The van der Waals surface area contributed by atoms with Gasteiger partial charge in [0, 0.05) is 46.3 Å². The fourth-order valence-corrected chi connectivity index (χ4v) is 6.36. The van der Waals surface area contributed by atoms with E-state index < -0.39 is 20.0 Å². The van der Waals surface area contributed by atoms with E-state index >= 15 is 0 Å². The number of benzene rings is 1. The first-order valence-electron chi connectivity index (χ1n) is 10.3. The smallest absolute Gasteiger partial charge is 0.243 e. The van der Waals surface area contributed by atoms with Crippen molar-refractivity contribution in [1.82, 2.24) is 23.1 Å². The first kappa shape index (κ1) is 23.1. The molecule has 3 rings (SSSR count). The van der Waals surface area contributed by atoms with E-state index in [9.17, 15) is 16.8 Å². The van der Waals surface area contributed by atoms with Gasteiger partial charge in [-0.2, -0.15) is 8.61 Å². The van der Waals surface area contributed by atoms with Gasteiger partial charge >= 0.3 is 0 Å². The molecule has 0 bridgehead atoms. The summed E-state index contributed by atoms with van der Waals surface area (Å²) in [5.74, 6) is 0.949. The van der Waals surface area contributed by atoms with E-state index in [4.69, 9.17) is 0 Å². The largest absolute Gasteiger partial charge is 0.330 e. The highest BCUT2D eigenvalue weighted by molar-refractivity contribution is 7.89. The van der Waals surface area contributed by atoms with E-state index in [1.807, 2.05) is 25.5 Å². The highest BCUT2D eigenvalue weighted by Crippen LogP contribution is 2.23. The Morgan fingerprint density at radius 2 is 1.63 bits per heavy atom. The average Bonchev–Trinajstić information content (AvgIpc) is 3.04. The van der Waals surface area contributed by atoms with Gasteiger partial charge in [-0.3, -0.25) is 4.90 Å². The molecule has 1 fully saturated rings. The van der Waals surface area contributed by atoms with Crippen LogP contribution < -0.4 is 0 Å². The molecular weight excluding hydrogens is 426 g/mol. The van der Waals surface area contributed by atoms with Crippen LogP contribution in [0.25, 0.3) is 11.0 Å². The maximum atomic E-state index is 12.8. The Morgan fingerprint density at radius 1 is 1.00 bits per heavy atom. The second kappa shape index (κ2) is 8.91. The van der Waals surface area contributed by atoms with Crippen molar-refractivity contribution in [2.75, 3.05) is 45.0 Å². The lowest BCUT2D eigenvalue weighted by molar-refractivity contribution is 0.177. The zero-order valence-corrected chi connectivity index (χ0v) is 19.7. The summed E-state index contributed by atoms with van der Waals surface area (Å²) in [6, 6.07) is 5.07. The molecule has 168 valence electrons. The highest BCUT2D eigenvalue weighted by atomic mass is 32.2. The van der Waals surface area contributed by atoms with Crippen molar-refractivity contribution in [3.8, 4) is 0 Å². The summed E-state index contributed by atoms with van der Waals surface area (Å²) < 4.78 is 54.6. The molecule has 0 amide bonds. The molecule has 2 aromatic rings. The van der Waals surface area contributed by atoms with Gasteiger partial charge in [0.15, 0.2) is 0 Å². The van der Waals surface area contributed by atoms with Crippen LogP contribution in [0.1, 0.15) is 26.6 Å². The predicted molar refractivity (Wildman–Crippen MR) is 117 cm³/mol. The van der Waals surface area contributed by atoms with Gasteiger partial charge < -0.3 is 4.57 Å². The van der Waals surface area contributed by atoms with Crippen LogP contribution in [0.5, 0.6) is 0 Å². The number of sulfonamides is 2. The van der Waals surface area contributed by atoms with Crippen molar-refractivity contribution < 1.29 is 16.8 Å². The second-order valence-corrected chi connectivity index (χ2v) is 11.6. The van der Waals surface area contributed by atoms with Crippen molar-refractivity contribution in [3.05, 3.63) is 24.0 Å². The molecule has 0 spiro atoms. The lowest BCUT2D eigenvalue weighted by atomic mass is 10.3. The summed E-state index contributed by atoms with van der Waals surface area (Å²) >= 11 is 0. The Labute approximate surface area is 179 Å². The first-order chi connectivity index (χ1) is 14.1. The van der Waals surface area contributed by atoms with Gasteiger partial charge in [0.1, 0.15) is 5.82 Å². The maximum Gasteiger partial charge on any atom is 0.243 e. The van der Waals surface area contributed by atoms with Crippen LogP contribution in [-0.4, -0.2) is 84.9 Å². The van der Waals surface area contributed by atoms with Gasteiger partial charge in [-0.25, -0.2) is 21.8 Å². The molecule has 0 aliphatic carbocycles. The summed E-state index contributed by atoms with van der Waals surface area (Å²) in [7, 11) is -4.77. The number of piperazine rings is 1. The summed E-state index contributed by atoms with van der Waals surface area (Å²) in [5.41, 5.74) is 1.52. The molecule has 0 radical (unpaired) electrons. The van der Waals surface area contributed by atoms with Crippen LogP contribution in [0.2, 0.25) is 0 Å². The third-order valence-electron chi connectivity index (χ3n) is 5.74. The van der Waals surface area contributed by atoms with E-state index in [1.165, 1.54) is 4.31 Å². The first-order valence-corrected chi connectivity index (χ1v) is 13.3. The fraction of sp³-hybridized carbons (Fsp3) is 0.632. The molecule has 0 saturated carbocycles. The Kier molecular flexibility index (Phi) is 6.87. The van der Waals surface area contributed by atoms with Gasteiger partial charge in [0.25, 0.3) is 0 Å². The predicted octanol–water partition coefficient (Wildman–Crippen LogP) is 1.07. The molecule has 9 nitrogen and oxygen atoms in total. The lowest BCUT2D eigenvalue weighted by Crippen LogP contribution is -2.48. The van der Waals surface area contributed by atoms with Crippen LogP contribution in [0.4, 0.5) is 0 Å². The van der Waals surface area contributed by atoms with Gasteiger partial charge in [0.05, 0.1) is 28.2 Å². The summed E-state index contributed by atoms with van der Waals surface area (Å²) in [6.45, 7) is 8.98. The number of aryl methyl sites for hydroxylation is 1.